The van der Waals surface area contributed by atoms with Gasteiger partial charge in [-0.15, -0.1) is 0 Å². The Morgan fingerprint density at radius 2 is 1.72 bits per heavy atom. The molecule has 3 aromatic rings. The topological polar surface area (TPSA) is 21.6 Å². The third kappa shape index (κ3) is 4.19. The first-order valence-electron chi connectivity index (χ1n) is 9.81. The van der Waals surface area contributed by atoms with Crippen molar-refractivity contribution >= 4 is 28.9 Å². The Morgan fingerprint density at radius 1 is 0.966 bits per heavy atom. The van der Waals surface area contributed by atoms with E-state index in [0.29, 0.717) is 16.0 Å². The predicted octanol–water partition coefficient (Wildman–Crippen LogP) is 7.48. The van der Waals surface area contributed by atoms with Gasteiger partial charge in [-0.25, -0.2) is 0 Å². The summed E-state index contributed by atoms with van der Waals surface area (Å²) >= 11 is 12.4. The summed E-state index contributed by atoms with van der Waals surface area (Å²) in [5, 5.41) is 1.20. The Kier molecular flexibility index (Phi) is 5.94. The number of rotatable bonds is 4. The molecule has 0 radical (unpaired) electrons. The molecule has 29 heavy (non-hydrogen) atoms. The number of fused-ring (bicyclic) bond motifs is 1. The Hall–Kier alpha value is -2.29. The molecule has 1 aliphatic carbocycles. The number of halogens is 2. The first-order chi connectivity index (χ1) is 14.1. The van der Waals surface area contributed by atoms with Crippen molar-refractivity contribution in [2.24, 2.45) is 4.99 Å². The van der Waals surface area contributed by atoms with Crippen LogP contribution in [0.15, 0.2) is 71.7 Å². The molecule has 4 heteroatoms. The van der Waals surface area contributed by atoms with Gasteiger partial charge in [0, 0.05) is 11.6 Å². The van der Waals surface area contributed by atoms with Gasteiger partial charge in [0.05, 0.1) is 23.2 Å². The molecule has 1 aliphatic rings. The average Bonchev–Trinajstić information content (AvgIpc) is 2.76. The minimum atomic E-state index is 0.0884. The van der Waals surface area contributed by atoms with Crippen molar-refractivity contribution in [3.63, 3.8) is 0 Å². The van der Waals surface area contributed by atoms with Gasteiger partial charge in [0.15, 0.2) is 0 Å². The van der Waals surface area contributed by atoms with E-state index >= 15 is 0 Å². The van der Waals surface area contributed by atoms with E-state index in [2.05, 4.69) is 49.4 Å². The molecule has 0 saturated carbocycles. The minimum absolute atomic E-state index is 0.0884. The lowest BCUT2D eigenvalue weighted by atomic mass is 9.78. The predicted molar refractivity (Wildman–Crippen MR) is 122 cm³/mol. The lowest BCUT2D eigenvalue weighted by molar-refractivity contribution is 0.414. The summed E-state index contributed by atoms with van der Waals surface area (Å²) < 4.78 is 5.26. The molecule has 0 heterocycles. The van der Waals surface area contributed by atoms with Crippen LogP contribution in [0, 0.1) is 0 Å². The quantitative estimate of drug-likeness (QED) is 0.426. The highest BCUT2D eigenvalue weighted by atomic mass is 35.5. The van der Waals surface area contributed by atoms with Crippen LogP contribution >= 0.6 is 23.2 Å². The highest BCUT2D eigenvalue weighted by Gasteiger charge is 2.26. The molecule has 0 aromatic heterocycles. The Balaban J connectivity index is 1.67. The van der Waals surface area contributed by atoms with Crippen molar-refractivity contribution < 1.29 is 4.74 Å². The minimum Gasteiger partial charge on any atom is -0.497 e. The summed E-state index contributed by atoms with van der Waals surface area (Å²) in [5.41, 5.74) is 6.09. The van der Waals surface area contributed by atoms with Crippen molar-refractivity contribution in [3.05, 3.63) is 99.0 Å². The number of hydrogen-bond acceptors (Lipinski definition) is 2. The van der Waals surface area contributed by atoms with Crippen LogP contribution in [0.25, 0.3) is 0 Å². The van der Waals surface area contributed by atoms with Crippen molar-refractivity contribution in [3.8, 4) is 5.75 Å². The van der Waals surface area contributed by atoms with Gasteiger partial charge in [-0.05, 0) is 66.3 Å². The molecule has 0 aliphatic heterocycles. The highest BCUT2D eigenvalue weighted by molar-refractivity contribution is 6.42. The lowest BCUT2D eigenvalue weighted by Gasteiger charge is -2.28. The van der Waals surface area contributed by atoms with Crippen LogP contribution in [0.2, 0.25) is 10.0 Å². The molecule has 0 bridgehead atoms. The zero-order valence-electron chi connectivity index (χ0n) is 16.5. The first-order valence-corrected chi connectivity index (χ1v) is 10.6. The second kappa shape index (κ2) is 8.61. The van der Waals surface area contributed by atoms with E-state index in [1.54, 1.807) is 7.11 Å². The maximum Gasteiger partial charge on any atom is 0.118 e. The summed E-state index contributed by atoms with van der Waals surface area (Å²) in [7, 11) is 1.68. The van der Waals surface area contributed by atoms with Crippen molar-refractivity contribution in [2.45, 2.75) is 31.7 Å². The normalized spacial score (nSPS) is 18.3. The molecule has 2 atom stereocenters. The smallest absolute Gasteiger partial charge is 0.118 e. The number of nitrogens with zero attached hydrogens (tertiary/aromatic N) is 1. The second-order valence-electron chi connectivity index (χ2n) is 7.38. The van der Waals surface area contributed by atoms with Gasteiger partial charge in [-0.3, -0.25) is 4.99 Å². The van der Waals surface area contributed by atoms with Crippen LogP contribution in [0.1, 0.15) is 54.0 Å². The summed E-state index contributed by atoms with van der Waals surface area (Å²) in [6, 6.07) is 22.8. The molecule has 0 N–H and O–H groups in total. The molecule has 0 amide bonds. The first kappa shape index (κ1) is 20.0. The largest absolute Gasteiger partial charge is 0.497 e. The Labute approximate surface area is 182 Å². The Morgan fingerprint density at radius 3 is 2.45 bits per heavy atom. The molecule has 148 valence electrons. The molecule has 0 spiro atoms. The third-order valence-corrected chi connectivity index (χ3v) is 6.35. The fourth-order valence-corrected chi connectivity index (χ4v) is 4.34. The molecule has 3 aromatic carbocycles. The SMILES string of the molecule is COc1ccc([C@@H](C)/N=C2\CC[C@H](c3ccc(Cl)c(Cl)c3)c3ccccc32)cc1. The second-order valence-corrected chi connectivity index (χ2v) is 8.19. The van der Waals surface area contributed by atoms with Gasteiger partial charge in [-0.1, -0.05) is 65.7 Å². The van der Waals surface area contributed by atoms with Crippen molar-refractivity contribution in [2.75, 3.05) is 7.11 Å². The third-order valence-electron chi connectivity index (χ3n) is 5.61. The van der Waals surface area contributed by atoms with Gasteiger partial charge in [0.1, 0.15) is 5.75 Å². The van der Waals surface area contributed by atoms with Gasteiger partial charge < -0.3 is 4.74 Å². The number of benzene rings is 3. The molecule has 0 fully saturated rings. The molecule has 0 unspecified atom stereocenters. The fourth-order valence-electron chi connectivity index (χ4n) is 4.04. The zero-order chi connectivity index (χ0) is 20.4. The van der Waals surface area contributed by atoms with Crippen LogP contribution in [0.3, 0.4) is 0 Å². The summed E-state index contributed by atoms with van der Waals surface area (Å²) in [6.07, 6.45) is 1.94. The van der Waals surface area contributed by atoms with Crippen LogP contribution in [-0.4, -0.2) is 12.8 Å². The van der Waals surface area contributed by atoms with Gasteiger partial charge in [0.2, 0.25) is 0 Å². The maximum absolute atomic E-state index is 6.28. The number of methoxy groups -OCH3 is 1. The molecule has 0 saturated heterocycles. The molecule has 4 rings (SSSR count). The average molecular weight is 424 g/mol. The van der Waals surface area contributed by atoms with Crippen LogP contribution in [0.5, 0.6) is 5.75 Å². The monoisotopic (exact) mass is 423 g/mol. The van der Waals surface area contributed by atoms with Gasteiger partial charge in [0.25, 0.3) is 0 Å². The summed E-state index contributed by atoms with van der Waals surface area (Å²) in [4.78, 5) is 5.09. The van der Waals surface area contributed by atoms with E-state index in [-0.39, 0.29) is 6.04 Å². The van der Waals surface area contributed by atoms with Crippen molar-refractivity contribution in [1.29, 1.82) is 0 Å². The number of aliphatic imine (C=N–C) groups is 1. The van der Waals surface area contributed by atoms with Gasteiger partial charge >= 0.3 is 0 Å². The summed E-state index contributed by atoms with van der Waals surface area (Å²) in [6.45, 7) is 2.14. The van der Waals surface area contributed by atoms with E-state index in [1.807, 2.05) is 24.3 Å². The molecular weight excluding hydrogens is 401 g/mol. The Bertz CT molecular complexity index is 1040. The molecular formula is C25H23Cl2NO. The molecule has 2 nitrogen and oxygen atoms in total. The van der Waals surface area contributed by atoms with Crippen LogP contribution < -0.4 is 4.74 Å². The maximum atomic E-state index is 6.28. The van der Waals surface area contributed by atoms with E-state index in [4.69, 9.17) is 32.9 Å². The van der Waals surface area contributed by atoms with Gasteiger partial charge in [-0.2, -0.15) is 0 Å². The van der Waals surface area contributed by atoms with E-state index in [1.165, 1.54) is 28.0 Å². The fraction of sp³-hybridized carbons (Fsp3) is 0.240. The van der Waals surface area contributed by atoms with Crippen molar-refractivity contribution in [1.82, 2.24) is 0 Å². The summed E-state index contributed by atoms with van der Waals surface area (Å²) in [5.74, 6) is 1.16. The van der Waals surface area contributed by atoms with E-state index < -0.39 is 0 Å². The zero-order valence-corrected chi connectivity index (χ0v) is 18.0. The standard InChI is InChI=1S/C25H23Cl2NO/c1-16(17-7-10-19(29-2)11-8-17)28-25-14-12-20(21-5-3-4-6-22(21)25)18-9-13-23(26)24(27)15-18/h3-11,13,15-16,20H,12,14H2,1-2H3/b28-25+/t16-,20-/m1/s1. The van der Waals surface area contributed by atoms with E-state index in [9.17, 15) is 0 Å². The van der Waals surface area contributed by atoms with Crippen LogP contribution in [-0.2, 0) is 0 Å². The number of ether oxygens (including phenoxy) is 1. The number of hydrogen-bond donors (Lipinski definition) is 0. The highest BCUT2D eigenvalue weighted by Crippen LogP contribution is 2.39. The van der Waals surface area contributed by atoms with Crippen LogP contribution in [0.4, 0.5) is 0 Å². The van der Waals surface area contributed by atoms with E-state index in [0.717, 1.165) is 18.6 Å². The lowest BCUT2D eigenvalue weighted by Crippen LogP contribution is -2.18.